The molecule has 0 aliphatic rings. The number of hydrogen-bond donors (Lipinski definition) is 2. The normalized spacial score (nSPS) is 12.1. The second kappa shape index (κ2) is 6.75. The summed E-state index contributed by atoms with van der Waals surface area (Å²) in [4.78, 5) is 11.1. The van der Waals surface area contributed by atoms with Crippen LogP contribution in [-0.4, -0.2) is 16.2 Å². The molecule has 5 heteroatoms. The highest BCUT2D eigenvalue weighted by Gasteiger charge is 2.20. The number of rotatable bonds is 4. The van der Waals surface area contributed by atoms with Crippen molar-refractivity contribution in [3.8, 4) is 5.75 Å². The molecule has 0 spiro atoms. The van der Waals surface area contributed by atoms with E-state index in [9.17, 15) is 9.90 Å². The van der Waals surface area contributed by atoms with Crippen molar-refractivity contribution in [2.75, 3.05) is 0 Å². The van der Waals surface area contributed by atoms with Gasteiger partial charge >= 0.3 is 5.97 Å². The van der Waals surface area contributed by atoms with Crippen LogP contribution in [0.3, 0.4) is 0 Å². The molecule has 1 unspecified atom stereocenters. The predicted octanol–water partition coefficient (Wildman–Crippen LogP) is 4.21. The topological polar surface area (TPSA) is 57.5 Å². The number of phenols is 1. The quantitative estimate of drug-likeness (QED) is 0.627. The van der Waals surface area contributed by atoms with Crippen molar-refractivity contribution in [1.82, 2.24) is 0 Å². The summed E-state index contributed by atoms with van der Waals surface area (Å²) in [6.45, 7) is 0. The molecule has 0 aliphatic carbocycles. The third-order valence-corrected chi connectivity index (χ3v) is 4.67. The van der Waals surface area contributed by atoms with Crippen LogP contribution in [0.25, 0.3) is 0 Å². The largest absolute Gasteiger partial charge is 0.506 e. The number of aliphatic carboxylic acids is 1. The lowest BCUT2D eigenvalue weighted by Gasteiger charge is -2.17. The number of aromatic hydroxyl groups is 1. The third-order valence-electron chi connectivity index (χ3n) is 3.02. The van der Waals surface area contributed by atoms with Crippen LogP contribution < -0.4 is 0 Å². The van der Waals surface area contributed by atoms with Gasteiger partial charge in [0.05, 0.1) is 13.6 Å². The minimum absolute atomic E-state index is 0.0287. The summed E-state index contributed by atoms with van der Waals surface area (Å²) in [6, 6.07) is 13.3. The number of carboxylic acid groups (broad SMARTS) is 1. The number of halogens is 2. The molecule has 0 saturated heterocycles. The Morgan fingerprint density at radius 3 is 2.10 bits per heavy atom. The summed E-state index contributed by atoms with van der Waals surface area (Å²) in [5.41, 5.74) is 1.87. The van der Waals surface area contributed by atoms with E-state index in [2.05, 4.69) is 45.2 Å². The van der Waals surface area contributed by atoms with Crippen LogP contribution in [0, 0.1) is 7.14 Å². The lowest BCUT2D eigenvalue weighted by atomic mass is 9.88. The van der Waals surface area contributed by atoms with Crippen LogP contribution in [0.2, 0.25) is 0 Å². The summed E-state index contributed by atoms with van der Waals surface area (Å²) in [7, 11) is 0. The Balaban J connectivity index is 2.49. The summed E-state index contributed by atoms with van der Waals surface area (Å²) in [6.07, 6.45) is 0.0287. The van der Waals surface area contributed by atoms with Gasteiger partial charge in [-0.15, -0.1) is 0 Å². The number of benzene rings is 2. The lowest BCUT2D eigenvalue weighted by Crippen LogP contribution is -2.08. The van der Waals surface area contributed by atoms with Gasteiger partial charge in [0.15, 0.2) is 0 Å². The maximum Gasteiger partial charge on any atom is 0.304 e. The second-order valence-corrected chi connectivity index (χ2v) is 6.72. The fraction of sp³-hybridized carbons (Fsp3) is 0.133. The van der Waals surface area contributed by atoms with Gasteiger partial charge in [-0.05, 0) is 68.4 Å². The molecule has 0 heterocycles. The molecule has 0 bridgehead atoms. The van der Waals surface area contributed by atoms with E-state index in [1.807, 2.05) is 42.5 Å². The van der Waals surface area contributed by atoms with E-state index in [0.29, 0.717) is 0 Å². The highest BCUT2D eigenvalue weighted by atomic mass is 127. The van der Waals surface area contributed by atoms with E-state index < -0.39 is 5.97 Å². The number of carboxylic acids is 1. The van der Waals surface area contributed by atoms with E-state index in [4.69, 9.17) is 5.11 Å². The number of carbonyl (C=O) groups is 1. The first-order valence-electron chi connectivity index (χ1n) is 5.93. The lowest BCUT2D eigenvalue weighted by molar-refractivity contribution is -0.137. The highest BCUT2D eigenvalue weighted by Crippen LogP contribution is 2.34. The Kier molecular flexibility index (Phi) is 5.25. The molecule has 2 rings (SSSR count). The van der Waals surface area contributed by atoms with Crippen molar-refractivity contribution in [3.05, 3.63) is 60.7 Å². The van der Waals surface area contributed by atoms with Gasteiger partial charge < -0.3 is 10.2 Å². The molecule has 2 N–H and O–H groups in total. The van der Waals surface area contributed by atoms with Gasteiger partial charge in [0, 0.05) is 5.92 Å². The van der Waals surface area contributed by atoms with Gasteiger partial charge in [-0.25, -0.2) is 0 Å². The zero-order valence-electron chi connectivity index (χ0n) is 10.4. The zero-order chi connectivity index (χ0) is 14.7. The van der Waals surface area contributed by atoms with Crippen LogP contribution in [0.4, 0.5) is 0 Å². The Hall–Kier alpha value is -0.830. The fourth-order valence-electron chi connectivity index (χ4n) is 2.07. The van der Waals surface area contributed by atoms with E-state index in [1.54, 1.807) is 0 Å². The highest BCUT2D eigenvalue weighted by molar-refractivity contribution is 14.1. The van der Waals surface area contributed by atoms with Crippen molar-refractivity contribution in [3.63, 3.8) is 0 Å². The molecule has 0 saturated carbocycles. The van der Waals surface area contributed by atoms with E-state index in [1.165, 1.54) is 0 Å². The van der Waals surface area contributed by atoms with Crippen LogP contribution >= 0.6 is 45.2 Å². The standard InChI is InChI=1S/C15H12I2O3/c16-12-6-10(7-13(17)15(12)20)11(8-14(18)19)9-4-2-1-3-5-9/h1-7,11,20H,8H2,(H,18,19). The molecule has 0 aliphatic heterocycles. The molecule has 2 aromatic carbocycles. The molecule has 1 atom stereocenters. The molecule has 104 valence electrons. The van der Waals surface area contributed by atoms with Crippen molar-refractivity contribution in [1.29, 1.82) is 0 Å². The van der Waals surface area contributed by atoms with Crippen molar-refractivity contribution in [2.45, 2.75) is 12.3 Å². The smallest absolute Gasteiger partial charge is 0.304 e. The average Bonchev–Trinajstić information content (AvgIpc) is 2.42. The first-order valence-corrected chi connectivity index (χ1v) is 8.09. The molecule has 3 nitrogen and oxygen atoms in total. The van der Waals surface area contributed by atoms with Gasteiger partial charge in [0.1, 0.15) is 5.75 Å². The maximum absolute atomic E-state index is 11.1. The first kappa shape index (κ1) is 15.6. The van der Waals surface area contributed by atoms with Gasteiger partial charge in [0.2, 0.25) is 0 Å². The third kappa shape index (κ3) is 3.63. The minimum atomic E-state index is -0.836. The summed E-state index contributed by atoms with van der Waals surface area (Å²) in [5.74, 6) is -0.801. The van der Waals surface area contributed by atoms with Gasteiger partial charge in [-0.1, -0.05) is 30.3 Å². The predicted molar refractivity (Wildman–Crippen MR) is 94.1 cm³/mol. The molecule has 0 aromatic heterocycles. The Bertz CT molecular complexity index is 603. The van der Waals surface area contributed by atoms with E-state index >= 15 is 0 Å². The monoisotopic (exact) mass is 494 g/mol. The van der Waals surface area contributed by atoms with Crippen LogP contribution in [0.1, 0.15) is 23.5 Å². The molecule has 20 heavy (non-hydrogen) atoms. The Labute approximate surface area is 144 Å². The molecular weight excluding hydrogens is 482 g/mol. The zero-order valence-corrected chi connectivity index (χ0v) is 14.7. The first-order chi connectivity index (χ1) is 9.49. The average molecular weight is 494 g/mol. The number of hydrogen-bond acceptors (Lipinski definition) is 2. The van der Waals surface area contributed by atoms with Crippen LogP contribution in [-0.2, 0) is 4.79 Å². The van der Waals surface area contributed by atoms with Crippen molar-refractivity contribution >= 4 is 51.2 Å². The SMILES string of the molecule is O=C(O)CC(c1ccccc1)c1cc(I)c(O)c(I)c1. The van der Waals surface area contributed by atoms with Crippen molar-refractivity contribution in [2.24, 2.45) is 0 Å². The Morgan fingerprint density at radius 2 is 1.60 bits per heavy atom. The van der Waals surface area contributed by atoms with Gasteiger partial charge in [-0.3, -0.25) is 4.79 Å². The maximum atomic E-state index is 11.1. The summed E-state index contributed by atoms with van der Waals surface area (Å²) >= 11 is 4.12. The number of phenolic OH excluding ortho intramolecular Hbond substituents is 1. The molecule has 2 aromatic rings. The van der Waals surface area contributed by atoms with Gasteiger partial charge in [-0.2, -0.15) is 0 Å². The van der Waals surface area contributed by atoms with E-state index in [-0.39, 0.29) is 18.1 Å². The summed E-state index contributed by atoms with van der Waals surface area (Å²) in [5, 5.41) is 19.0. The second-order valence-electron chi connectivity index (χ2n) is 4.39. The van der Waals surface area contributed by atoms with Crippen LogP contribution in [0.5, 0.6) is 5.75 Å². The van der Waals surface area contributed by atoms with E-state index in [0.717, 1.165) is 18.3 Å². The van der Waals surface area contributed by atoms with Gasteiger partial charge in [0.25, 0.3) is 0 Å². The summed E-state index contributed by atoms with van der Waals surface area (Å²) < 4.78 is 1.46. The molecule has 0 fully saturated rings. The molecule has 0 radical (unpaired) electrons. The van der Waals surface area contributed by atoms with Crippen molar-refractivity contribution < 1.29 is 15.0 Å². The minimum Gasteiger partial charge on any atom is -0.506 e. The molecular formula is C15H12I2O3. The fourth-order valence-corrected chi connectivity index (χ4v) is 3.89. The Morgan fingerprint density at radius 1 is 1.05 bits per heavy atom. The van der Waals surface area contributed by atoms with Crippen LogP contribution in [0.15, 0.2) is 42.5 Å². The molecule has 0 amide bonds.